The third kappa shape index (κ3) is 4.02. The Morgan fingerprint density at radius 2 is 1.88 bits per heavy atom. The molecule has 0 spiro atoms. The van der Waals surface area contributed by atoms with E-state index >= 15 is 0 Å². The molecule has 0 radical (unpaired) electrons. The monoisotopic (exact) mass is 325 g/mol. The maximum atomic E-state index is 9.52. The van der Waals surface area contributed by atoms with Crippen LogP contribution in [-0.4, -0.2) is 18.8 Å². The summed E-state index contributed by atoms with van der Waals surface area (Å²) in [5.74, 6) is 2.68. The molecule has 128 valence electrons. The SMILES string of the molecule is COc1ccc(C2CCC(CNc3cccc(O)c3)CC2)cc1C. The van der Waals surface area contributed by atoms with E-state index in [4.69, 9.17) is 4.74 Å². The largest absolute Gasteiger partial charge is 0.508 e. The number of phenols is 1. The smallest absolute Gasteiger partial charge is 0.121 e. The fraction of sp³-hybridized carbons (Fsp3) is 0.429. The first-order chi connectivity index (χ1) is 11.7. The molecule has 0 amide bonds. The number of benzene rings is 2. The van der Waals surface area contributed by atoms with Crippen LogP contribution in [0.25, 0.3) is 0 Å². The number of aromatic hydroxyl groups is 1. The van der Waals surface area contributed by atoms with Crippen LogP contribution in [0, 0.1) is 12.8 Å². The summed E-state index contributed by atoms with van der Waals surface area (Å²) in [6, 6.07) is 14.0. The summed E-state index contributed by atoms with van der Waals surface area (Å²) in [5.41, 5.74) is 3.68. The standard InChI is InChI=1S/C21H27NO2/c1-15-12-18(10-11-21(15)24-2)17-8-6-16(7-9-17)14-22-19-4-3-5-20(23)13-19/h3-5,10-13,16-17,22-23H,6-9,14H2,1-2H3. The molecule has 0 atom stereocenters. The molecule has 3 nitrogen and oxygen atoms in total. The van der Waals surface area contributed by atoms with Gasteiger partial charge in [0.15, 0.2) is 0 Å². The third-order valence-electron chi connectivity index (χ3n) is 5.18. The van der Waals surface area contributed by atoms with Gasteiger partial charge in [-0.15, -0.1) is 0 Å². The van der Waals surface area contributed by atoms with E-state index in [-0.39, 0.29) is 0 Å². The molecule has 0 saturated heterocycles. The predicted octanol–water partition coefficient (Wildman–Crippen LogP) is 5.10. The summed E-state index contributed by atoms with van der Waals surface area (Å²) in [4.78, 5) is 0. The lowest BCUT2D eigenvalue weighted by molar-refractivity contribution is 0.338. The summed E-state index contributed by atoms with van der Waals surface area (Å²) in [7, 11) is 1.73. The van der Waals surface area contributed by atoms with Gasteiger partial charge in [-0.1, -0.05) is 18.2 Å². The summed E-state index contributed by atoms with van der Waals surface area (Å²) in [5, 5.41) is 13.0. The van der Waals surface area contributed by atoms with Gasteiger partial charge in [-0.2, -0.15) is 0 Å². The van der Waals surface area contributed by atoms with Crippen LogP contribution in [0.4, 0.5) is 5.69 Å². The van der Waals surface area contributed by atoms with Gasteiger partial charge in [0.05, 0.1) is 7.11 Å². The summed E-state index contributed by atoms with van der Waals surface area (Å²) in [6.45, 7) is 3.10. The number of hydrogen-bond donors (Lipinski definition) is 2. The Morgan fingerprint density at radius 1 is 1.08 bits per heavy atom. The molecule has 0 aliphatic heterocycles. The number of phenolic OH excluding ortho intramolecular Hbond substituents is 1. The second-order valence-corrected chi connectivity index (χ2v) is 6.88. The van der Waals surface area contributed by atoms with Gasteiger partial charge in [0.1, 0.15) is 11.5 Å². The van der Waals surface area contributed by atoms with Crippen LogP contribution in [0.5, 0.6) is 11.5 Å². The van der Waals surface area contributed by atoms with Crippen molar-refractivity contribution in [2.75, 3.05) is 19.0 Å². The first-order valence-electron chi connectivity index (χ1n) is 8.83. The highest BCUT2D eigenvalue weighted by Crippen LogP contribution is 2.37. The molecule has 0 bridgehead atoms. The van der Waals surface area contributed by atoms with Gasteiger partial charge in [0, 0.05) is 18.3 Å². The lowest BCUT2D eigenvalue weighted by Gasteiger charge is -2.29. The summed E-state index contributed by atoms with van der Waals surface area (Å²) < 4.78 is 5.36. The maximum Gasteiger partial charge on any atom is 0.121 e. The van der Waals surface area contributed by atoms with Crippen molar-refractivity contribution in [1.29, 1.82) is 0 Å². The molecular weight excluding hydrogens is 298 g/mol. The lowest BCUT2D eigenvalue weighted by atomic mass is 9.78. The Kier molecular flexibility index (Phi) is 5.29. The number of rotatable bonds is 5. The zero-order valence-electron chi connectivity index (χ0n) is 14.6. The second-order valence-electron chi connectivity index (χ2n) is 6.88. The average molecular weight is 325 g/mol. The van der Waals surface area contributed by atoms with Crippen LogP contribution in [-0.2, 0) is 0 Å². The van der Waals surface area contributed by atoms with E-state index in [1.165, 1.54) is 36.8 Å². The van der Waals surface area contributed by atoms with Crippen molar-refractivity contribution in [1.82, 2.24) is 0 Å². The maximum absolute atomic E-state index is 9.52. The summed E-state index contributed by atoms with van der Waals surface area (Å²) in [6.07, 6.45) is 5.00. The minimum atomic E-state index is 0.318. The second kappa shape index (κ2) is 7.61. The Hall–Kier alpha value is -2.16. The van der Waals surface area contributed by atoms with Crippen molar-refractivity contribution >= 4 is 5.69 Å². The molecule has 24 heavy (non-hydrogen) atoms. The molecule has 2 aromatic rings. The molecular formula is C21H27NO2. The highest BCUT2D eigenvalue weighted by atomic mass is 16.5. The van der Waals surface area contributed by atoms with Gasteiger partial charge in [0.2, 0.25) is 0 Å². The lowest BCUT2D eigenvalue weighted by Crippen LogP contribution is -2.20. The fourth-order valence-electron chi connectivity index (χ4n) is 3.73. The quantitative estimate of drug-likeness (QED) is 0.804. The number of nitrogens with one attached hydrogen (secondary N) is 1. The highest BCUT2D eigenvalue weighted by Gasteiger charge is 2.22. The van der Waals surface area contributed by atoms with E-state index in [1.54, 1.807) is 19.2 Å². The summed E-state index contributed by atoms with van der Waals surface area (Å²) >= 11 is 0. The van der Waals surface area contributed by atoms with Crippen LogP contribution >= 0.6 is 0 Å². The predicted molar refractivity (Wildman–Crippen MR) is 99.0 cm³/mol. The molecule has 3 rings (SSSR count). The number of hydrogen-bond acceptors (Lipinski definition) is 3. The highest BCUT2D eigenvalue weighted by molar-refractivity contribution is 5.47. The van der Waals surface area contributed by atoms with Gasteiger partial charge < -0.3 is 15.2 Å². The van der Waals surface area contributed by atoms with Gasteiger partial charge in [-0.25, -0.2) is 0 Å². The zero-order valence-corrected chi connectivity index (χ0v) is 14.6. The molecule has 0 heterocycles. The molecule has 1 aliphatic rings. The first-order valence-corrected chi connectivity index (χ1v) is 8.83. The van der Waals surface area contributed by atoms with Crippen molar-refractivity contribution in [3.8, 4) is 11.5 Å². The Balaban J connectivity index is 1.51. The van der Waals surface area contributed by atoms with E-state index in [1.807, 2.05) is 12.1 Å². The van der Waals surface area contributed by atoms with Gasteiger partial charge in [0.25, 0.3) is 0 Å². The third-order valence-corrected chi connectivity index (χ3v) is 5.18. The number of ether oxygens (including phenoxy) is 1. The van der Waals surface area contributed by atoms with Crippen molar-refractivity contribution in [2.45, 2.75) is 38.5 Å². The number of methoxy groups -OCH3 is 1. The van der Waals surface area contributed by atoms with Crippen molar-refractivity contribution < 1.29 is 9.84 Å². The van der Waals surface area contributed by atoms with Crippen molar-refractivity contribution in [3.05, 3.63) is 53.6 Å². The molecule has 0 unspecified atom stereocenters. The first kappa shape index (κ1) is 16.7. The minimum absolute atomic E-state index is 0.318. The van der Waals surface area contributed by atoms with Crippen molar-refractivity contribution in [3.63, 3.8) is 0 Å². The van der Waals surface area contributed by atoms with Crippen molar-refractivity contribution in [2.24, 2.45) is 5.92 Å². The van der Waals surface area contributed by atoms with Crippen LogP contribution in [0.3, 0.4) is 0 Å². The fourth-order valence-corrected chi connectivity index (χ4v) is 3.73. The Labute approximate surface area is 144 Å². The number of anilines is 1. The minimum Gasteiger partial charge on any atom is -0.508 e. The van der Waals surface area contributed by atoms with E-state index in [0.717, 1.165) is 18.0 Å². The van der Waals surface area contributed by atoms with Gasteiger partial charge in [-0.05, 0) is 73.8 Å². The molecule has 1 aliphatic carbocycles. The molecule has 2 N–H and O–H groups in total. The van der Waals surface area contributed by atoms with Crippen LogP contribution in [0.15, 0.2) is 42.5 Å². The Morgan fingerprint density at radius 3 is 2.54 bits per heavy atom. The molecule has 3 heteroatoms. The number of aryl methyl sites for hydroxylation is 1. The normalized spacial score (nSPS) is 20.6. The van der Waals surface area contributed by atoms with E-state index in [2.05, 4.69) is 30.4 Å². The van der Waals surface area contributed by atoms with E-state index in [0.29, 0.717) is 17.6 Å². The molecule has 2 aromatic carbocycles. The van der Waals surface area contributed by atoms with Crippen LogP contribution in [0.2, 0.25) is 0 Å². The van der Waals surface area contributed by atoms with Gasteiger partial charge >= 0.3 is 0 Å². The molecule has 0 aromatic heterocycles. The average Bonchev–Trinajstić information content (AvgIpc) is 2.60. The van der Waals surface area contributed by atoms with Crippen LogP contribution in [0.1, 0.15) is 42.7 Å². The topological polar surface area (TPSA) is 41.5 Å². The van der Waals surface area contributed by atoms with Crippen LogP contribution < -0.4 is 10.1 Å². The van der Waals surface area contributed by atoms with E-state index in [9.17, 15) is 5.11 Å². The van der Waals surface area contributed by atoms with Gasteiger partial charge in [-0.3, -0.25) is 0 Å². The Bertz CT molecular complexity index is 675. The molecule has 1 saturated carbocycles. The molecule has 1 fully saturated rings. The zero-order chi connectivity index (χ0) is 16.9. The van der Waals surface area contributed by atoms with E-state index < -0.39 is 0 Å².